The third-order valence-corrected chi connectivity index (χ3v) is 5.14. The zero-order valence-electron chi connectivity index (χ0n) is 16.8. The van der Waals surface area contributed by atoms with E-state index in [1.165, 1.54) is 0 Å². The highest BCUT2D eigenvalue weighted by Crippen LogP contribution is 2.25. The molecule has 1 N–H and O–H groups in total. The maximum atomic E-state index is 14.1. The van der Waals surface area contributed by atoms with Crippen LogP contribution in [0, 0.1) is 18.6 Å². The number of aryl methyl sites for hydroxylation is 1. The number of carboxylic acid groups (broad SMARTS) is 1. The molecule has 2 aromatic carbocycles. The lowest BCUT2D eigenvalue weighted by molar-refractivity contribution is 0.0686. The van der Waals surface area contributed by atoms with Gasteiger partial charge in [-0.1, -0.05) is 17.3 Å². The molecule has 0 spiro atoms. The van der Waals surface area contributed by atoms with Crippen LogP contribution in [0.3, 0.4) is 0 Å². The monoisotopic (exact) mass is 431 g/mol. The average molecular weight is 431 g/mol. The summed E-state index contributed by atoms with van der Waals surface area (Å²) in [5.74, 6) is -4.00. The minimum absolute atomic E-state index is 0.117. The summed E-state index contributed by atoms with van der Waals surface area (Å²) in [7, 11) is 0. The topological polar surface area (TPSA) is 93.8 Å². The molecule has 0 saturated carbocycles. The van der Waals surface area contributed by atoms with Crippen molar-refractivity contribution < 1.29 is 18.7 Å². The Morgan fingerprint density at radius 1 is 0.969 bits per heavy atom. The smallest absolute Gasteiger partial charge is 0.341 e. The zero-order valence-corrected chi connectivity index (χ0v) is 16.8. The van der Waals surface area contributed by atoms with Crippen molar-refractivity contribution in [2.75, 3.05) is 0 Å². The fourth-order valence-electron chi connectivity index (χ4n) is 3.59. The average Bonchev–Trinajstić information content (AvgIpc) is 3.15. The van der Waals surface area contributed by atoms with E-state index in [1.807, 2.05) is 37.3 Å². The van der Waals surface area contributed by atoms with Crippen molar-refractivity contribution in [2.45, 2.75) is 13.5 Å². The van der Waals surface area contributed by atoms with Gasteiger partial charge < -0.3 is 5.11 Å². The van der Waals surface area contributed by atoms with Crippen molar-refractivity contribution in [2.24, 2.45) is 0 Å². The predicted octanol–water partition coefficient (Wildman–Crippen LogP) is 4.37. The van der Waals surface area contributed by atoms with E-state index >= 15 is 0 Å². The minimum atomic E-state index is -1.67. The van der Waals surface area contributed by atoms with Gasteiger partial charge in [0.15, 0.2) is 5.65 Å². The number of fused-ring (bicyclic) bond motifs is 2. The van der Waals surface area contributed by atoms with Gasteiger partial charge in [0.1, 0.15) is 22.7 Å². The first-order valence-electron chi connectivity index (χ1n) is 9.68. The number of carboxylic acids is 1. The van der Waals surface area contributed by atoms with Gasteiger partial charge in [-0.25, -0.2) is 23.2 Å². The summed E-state index contributed by atoms with van der Waals surface area (Å²) in [6.45, 7) is 2.32. The maximum absolute atomic E-state index is 14.1. The highest BCUT2D eigenvalue weighted by Gasteiger charge is 2.19. The fraction of sp³-hybridized carbons (Fsp3) is 0.0870. The fourth-order valence-corrected chi connectivity index (χ4v) is 3.59. The van der Waals surface area contributed by atoms with Crippen LogP contribution in [0.25, 0.3) is 33.3 Å². The van der Waals surface area contributed by atoms with Crippen LogP contribution in [0.2, 0.25) is 0 Å². The van der Waals surface area contributed by atoms with Crippen LogP contribution in [-0.4, -0.2) is 36.0 Å². The standard InChI is InChI=1S/C23H15F2N5O2/c1-12-2-4-14-8-13(3-5-18(14)26-12)11-30-22-20(28-29-30)7-6-19(27-22)15-9-16(24)21(23(31)32)17(25)10-15/h2-10H,11H2,1H3,(H,31,32). The van der Waals surface area contributed by atoms with Gasteiger partial charge in [-0.15, -0.1) is 5.10 Å². The highest BCUT2D eigenvalue weighted by molar-refractivity contribution is 5.89. The number of pyridine rings is 2. The molecule has 0 aliphatic carbocycles. The van der Waals surface area contributed by atoms with Gasteiger partial charge in [0, 0.05) is 16.6 Å². The molecule has 0 amide bonds. The molecule has 0 aliphatic heterocycles. The molecule has 0 saturated heterocycles. The number of halogens is 2. The molecule has 3 heterocycles. The van der Waals surface area contributed by atoms with E-state index in [0.717, 1.165) is 34.3 Å². The van der Waals surface area contributed by atoms with Gasteiger partial charge in [0.25, 0.3) is 0 Å². The van der Waals surface area contributed by atoms with E-state index in [9.17, 15) is 13.6 Å². The number of nitrogens with zero attached hydrogens (tertiary/aromatic N) is 5. The Morgan fingerprint density at radius 2 is 1.72 bits per heavy atom. The zero-order chi connectivity index (χ0) is 22.4. The van der Waals surface area contributed by atoms with Crippen molar-refractivity contribution in [3.8, 4) is 11.3 Å². The summed E-state index contributed by atoms with van der Waals surface area (Å²) >= 11 is 0. The van der Waals surface area contributed by atoms with Crippen molar-refractivity contribution in [1.29, 1.82) is 0 Å². The molecule has 0 unspecified atom stereocenters. The van der Waals surface area contributed by atoms with E-state index in [2.05, 4.69) is 20.3 Å². The number of hydrogen-bond acceptors (Lipinski definition) is 5. The number of hydrogen-bond donors (Lipinski definition) is 1. The molecule has 0 atom stereocenters. The summed E-state index contributed by atoms with van der Waals surface area (Å²) < 4.78 is 29.9. The molecule has 0 aliphatic rings. The van der Waals surface area contributed by atoms with Crippen LogP contribution >= 0.6 is 0 Å². The van der Waals surface area contributed by atoms with Gasteiger partial charge in [0.05, 0.1) is 17.8 Å². The molecule has 32 heavy (non-hydrogen) atoms. The third kappa shape index (κ3) is 3.43. The number of aromatic nitrogens is 5. The molecule has 5 rings (SSSR count). The van der Waals surface area contributed by atoms with E-state index in [4.69, 9.17) is 5.11 Å². The first-order valence-corrected chi connectivity index (χ1v) is 9.68. The summed E-state index contributed by atoms with van der Waals surface area (Å²) in [4.78, 5) is 20.0. The molecular weight excluding hydrogens is 416 g/mol. The summed E-state index contributed by atoms with van der Waals surface area (Å²) in [6, 6.07) is 14.9. The number of carbonyl (C=O) groups is 1. The van der Waals surface area contributed by atoms with Gasteiger partial charge in [-0.2, -0.15) is 0 Å². The molecule has 0 fully saturated rings. The van der Waals surface area contributed by atoms with Gasteiger partial charge in [0.2, 0.25) is 0 Å². The van der Waals surface area contributed by atoms with Crippen LogP contribution < -0.4 is 0 Å². The second-order valence-electron chi connectivity index (χ2n) is 7.39. The van der Waals surface area contributed by atoms with Gasteiger partial charge >= 0.3 is 5.97 Å². The lowest BCUT2D eigenvalue weighted by atomic mass is 10.1. The molecule has 3 aromatic heterocycles. The normalized spacial score (nSPS) is 11.3. The Balaban J connectivity index is 1.53. The predicted molar refractivity (Wildman–Crippen MR) is 113 cm³/mol. The van der Waals surface area contributed by atoms with Crippen LogP contribution in [0.1, 0.15) is 21.6 Å². The van der Waals surface area contributed by atoms with Crippen LogP contribution in [0.4, 0.5) is 8.78 Å². The molecule has 158 valence electrons. The van der Waals surface area contributed by atoms with Crippen molar-refractivity contribution in [3.05, 3.63) is 83.1 Å². The van der Waals surface area contributed by atoms with Gasteiger partial charge in [-0.3, -0.25) is 4.98 Å². The summed E-state index contributed by atoms with van der Waals surface area (Å²) in [5, 5.41) is 18.2. The SMILES string of the molecule is Cc1ccc2cc(Cn3nnc4ccc(-c5cc(F)c(C(=O)O)c(F)c5)nc43)ccc2n1. The van der Waals surface area contributed by atoms with Crippen LogP contribution in [-0.2, 0) is 6.54 Å². The van der Waals surface area contributed by atoms with Crippen LogP contribution in [0.5, 0.6) is 0 Å². The first kappa shape index (κ1) is 19.7. The van der Waals surface area contributed by atoms with E-state index in [0.29, 0.717) is 17.7 Å². The Hall–Kier alpha value is -4.27. The number of aromatic carboxylic acids is 1. The molecule has 0 radical (unpaired) electrons. The largest absolute Gasteiger partial charge is 0.477 e. The molecular formula is C23H15F2N5O2. The molecule has 0 bridgehead atoms. The maximum Gasteiger partial charge on any atom is 0.341 e. The Kier molecular flexibility index (Phi) is 4.58. The Bertz CT molecular complexity index is 1510. The molecule has 5 aromatic rings. The van der Waals surface area contributed by atoms with E-state index < -0.39 is 23.2 Å². The summed E-state index contributed by atoms with van der Waals surface area (Å²) in [5.41, 5.74) is 3.15. The second kappa shape index (κ2) is 7.45. The summed E-state index contributed by atoms with van der Waals surface area (Å²) in [6.07, 6.45) is 0. The van der Waals surface area contributed by atoms with Crippen molar-refractivity contribution >= 4 is 28.0 Å². The molecule has 7 nitrogen and oxygen atoms in total. The van der Waals surface area contributed by atoms with Crippen molar-refractivity contribution in [3.63, 3.8) is 0 Å². The van der Waals surface area contributed by atoms with E-state index in [1.54, 1.807) is 16.8 Å². The minimum Gasteiger partial charge on any atom is -0.477 e. The Labute approximate surface area is 180 Å². The number of benzene rings is 2. The lowest BCUT2D eigenvalue weighted by Gasteiger charge is -2.07. The van der Waals surface area contributed by atoms with Crippen LogP contribution in [0.15, 0.2) is 54.6 Å². The van der Waals surface area contributed by atoms with E-state index in [-0.39, 0.29) is 11.3 Å². The second-order valence-corrected chi connectivity index (χ2v) is 7.39. The van der Waals surface area contributed by atoms with Crippen molar-refractivity contribution in [1.82, 2.24) is 25.0 Å². The third-order valence-electron chi connectivity index (χ3n) is 5.14. The van der Waals surface area contributed by atoms with Gasteiger partial charge in [-0.05, 0) is 55.0 Å². The number of rotatable bonds is 4. The molecule has 9 heteroatoms. The highest BCUT2D eigenvalue weighted by atomic mass is 19.1. The lowest BCUT2D eigenvalue weighted by Crippen LogP contribution is -2.05. The quantitative estimate of drug-likeness (QED) is 0.454. The Morgan fingerprint density at radius 3 is 2.47 bits per heavy atom. The first-order chi connectivity index (χ1) is 15.4.